The quantitative estimate of drug-likeness (QED) is 0.773. The van der Waals surface area contributed by atoms with Crippen molar-refractivity contribution in [3.8, 4) is 0 Å². The molecule has 2 N–H and O–H groups in total. The number of nitrogens with one attached hydrogen (secondary N) is 2. The Bertz CT molecular complexity index is 301. The molecule has 0 spiro atoms. The zero-order chi connectivity index (χ0) is 13.8. The highest BCUT2D eigenvalue weighted by atomic mass is 16.5. The van der Waals surface area contributed by atoms with Crippen LogP contribution >= 0.6 is 0 Å². The normalized spacial score (nSPS) is 29.9. The third-order valence-corrected chi connectivity index (χ3v) is 4.35. The summed E-state index contributed by atoms with van der Waals surface area (Å²) in [7, 11) is 1.70. The van der Waals surface area contributed by atoms with Crippen LogP contribution in [0, 0.1) is 0 Å². The van der Waals surface area contributed by atoms with E-state index < -0.39 is 0 Å². The number of amides is 1. The zero-order valence-corrected chi connectivity index (χ0v) is 12.3. The van der Waals surface area contributed by atoms with Gasteiger partial charge in [-0.2, -0.15) is 0 Å². The van der Waals surface area contributed by atoms with Crippen molar-refractivity contribution in [1.82, 2.24) is 15.5 Å². The van der Waals surface area contributed by atoms with Crippen molar-refractivity contribution in [2.45, 2.75) is 57.3 Å². The van der Waals surface area contributed by atoms with Crippen LogP contribution in [0.2, 0.25) is 0 Å². The summed E-state index contributed by atoms with van der Waals surface area (Å²) in [5, 5.41) is 6.41. The third kappa shape index (κ3) is 3.91. The third-order valence-electron chi connectivity index (χ3n) is 4.35. The van der Waals surface area contributed by atoms with Crippen LogP contribution in [-0.2, 0) is 9.53 Å². The lowest BCUT2D eigenvalue weighted by Gasteiger charge is -2.35. The molecule has 2 aliphatic rings. The van der Waals surface area contributed by atoms with Gasteiger partial charge >= 0.3 is 0 Å². The monoisotopic (exact) mass is 269 g/mol. The number of methoxy groups -OCH3 is 1. The van der Waals surface area contributed by atoms with E-state index in [0.717, 1.165) is 38.9 Å². The molecule has 2 heterocycles. The molecule has 0 bridgehead atoms. The van der Waals surface area contributed by atoms with Gasteiger partial charge in [0.2, 0.25) is 5.91 Å². The first-order chi connectivity index (χ1) is 9.10. The second kappa shape index (κ2) is 6.68. The SMILES string of the molecule is COC1CNC(C(=O)NC2CCN(C(C)C)CC2)C1. The van der Waals surface area contributed by atoms with Crippen molar-refractivity contribution in [3.05, 3.63) is 0 Å². The van der Waals surface area contributed by atoms with Crippen LogP contribution in [0.5, 0.6) is 0 Å². The number of likely N-dealkylation sites (tertiary alicyclic amines) is 1. The van der Waals surface area contributed by atoms with Crippen LogP contribution in [0.25, 0.3) is 0 Å². The van der Waals surface area contributed by atoms with Crippen LogP contribution in [0.15, 0.2) is 0 Å². The van der Waals surface area contributed by atoms with Gasteiger partial charge in [0.15, 0.2) is 0 Å². The molecule has 2 aliphatic heterocycles. The number of carbonyl (C=O) groups is 1. The number of carbonyl (C=O) groups excluding carboxylic acids is 1. The predicted molar refractivity (Wildman–Crippen MR) is 75.1 cm³/mol. The maximum atomic E-state index is 12.1. The molecule has 1 amide bonds. The Balaban J connectivity index is 1.72. The molecule has 0 aliphatic carbocycles. The Hall–Kier alpha value is -0.650. The highest BCUT2D eigenvalue weighted by Gasteiger charge is 2.31. The molecule has 2 atom stereocenters. The van der Waals surface area contributed by atoms with Gasteiger partial charge in [-0.15, -0.1) is 0 Å². The smallest absolute Gasteiger partial charge is 0.237 e. The standard InChI is InChI=1S/C14H27N3O2/c1-10(2)17-6-4-11(5-7-17)16-14(18)13-8-12(19-3)9-15-13/h10-13,15H,4-9H2,1-3H3,(H,16,18). The summed E-state index contributed by atoms with van der Waals surface area (Å²) in [6, 6.07) is 0.870. The van der Waals surface area contributed by atoms with E-state index in [2.05, 4.69) is 29.4 Å². The van der Waals surface area contributed by atoms with Crippen molar-refractivity contribution in [3.63, 3.8) is 0 Å². The van der Waals surface area contributed by atoms with Crippen LogP contribution in [0.1, 0.15) is 33.1 Å². The summed E-state index contributed by atoms with van der Waals surface area (Å²) < 4.78 is 5.27. The molecule has 110 valence electrons. The minimum atomic E-state index is -0.0759. The number of hydrogen-bond acceptors (Lipinski definition) is 4. The number of hydrogen-bond donors (Lipinski definition) is 2. The summed E-state index contributed by atoms with van der Waals surface area (Å²) in [6.45, 7) is 7.40. The van der Waals surface area contributed by atoms with Gasteiger partial charge < -0.3 is 20.3 Å². The Morgan fingerprint density at radius 3 is 2.58 bits per heavy atom. The van der Waals surface area contributed by atoms with Gasteiger partial charge in [-0.25, -0.2) is 0 Å². The van der Waals surface area contributed by atoms with Gasteiger partial charge in [0, 0.05) is 38.8 Å². The maximum absolute atomic E-state index is 12.1. The Morgan fingerprint density at radius 2 is 2.05 bits per heavy atom. The first kappa shape index (κ1) is 14.8. The molecule has 2 rings (SSSR count). The largest absolute Gasteiger partial charge is 0.380 e. The molecule has 0 aromatic carbocycles. The van der Waals surface area contributed by atoms with Gasteiger partial charge in [-0.3, -0.25) is 4.79 Å². The minimum Gasteiger partial charge on any atom is -0.380 e. The Morgan fingerprint density at radius 1 is 1.37 bits per heavy atom. The van der Waals surface area contributed by atoms with Crippen molar-refractivity contribution >= 4 is 5.91 Å². The molecular formula is C14H27N3O2. The van der Waals surface area contributed by atoms with Crippen molar-refractivity contribution in [2.24, 2.45) is 0 Å². The van der Waals surface area contributed by atoms with E-state index in [9.17, 15) is 4.79 Å². The summed E-state index contributed by atoms with van der Waals surface area (Å²) in [6.07, 6.45) is 3.08. The van der Waals surface area contributed by atoms with Crippen molar-refractivity contribution in [1.29, 1.82) is 0 Å². The van der Waals surface area contributed by atoms with E-state index in [1.54, 1.807) is 7.11 Å². The van der Waals surface area contributed by atoms with Gasteiger partial charge in [-0.1, -0.05) is 0 Å². The lowest BCUT2D eigenvalue weighted by Crippen LogP contribution is -2.50. The lowest BCUT2D eigenvalue weighted by atomic mass is 10.0. The summed E-state index contributed by atoms with van der Waals surface area (Å²) in [4.78, 5) is 14.6. The van der Waals surface area contributed by atoms with E-state index in [1.807, 2.05) is 0 Å². The van der Waals surface area contributed by atoms with E-state index >= 15 is 0 Å². The summed E-state index contributed by atoms with van der Waals surface area (Å²) in [5.41, 5.74) is 0. The number of rotatable bonds is 4. The Kier molecular flexibility index (Phi) is 5.19. The average molecular weight is 269 g/mol. The van der Waals surface area contributed by atoms with Crippen LogP contribution in [0.3, 0.4) is 0 Å². The fourth-order valence-corrected chi connectivity index (χ4v) is 2.94. The first-order valence-corrected chi connectivity index (χ1v) is 7.40. The topological polar surface area (TPSA) is 53.6 Å². The highest BCUT2D eigenvalue weighted by Crippen LogP contribution is 2.14. The van der Waals surface area contributed by atoms with Crippen LogP contribution in [0.4, 0.5) is 0 Å². The average Bonchev–Trinajstić information content (AvgIpc) is 2.88. The first-order valence-electron chi connectivity index (χ1n) is 7.40. The van der Waals surface area contributed by atoms with Crippen LogP contribution < -0.4 is 10.6 Å². The summed E-state index contributed by atoms with van der Waals surface area (Å²) in [5.74, 6) is 0.141. The predicted octanol–water partition coefficient (Wildman–Crippen LogP) is 0.352. The minimum absolute atomic E-state index is 0.0759. The molecule has 2 saturated heterocycles. The fourth-order valence-electron chi connectivity index (χ4n) is 2.94. The number of piperidine rings is 1. The highest BCUT2D eigenvalue weighted by molar-refractivity contribution is 5.82. The van der Waals surface area contributed by atoms with E-state index in [4.69, 9.17) is 4.74 Å². The van der Waals surface area contributed by atoms with Crippen molar-refractivity contribution in [2.75, 3.05) is 26.7 Å². The molecule has 5 nitrogen and oxygen atoms in total. The maximum Gasteiger partial charge on any atom is 0.237 e. The molecule has 0 saturated carbocycles. The van der Waals surface area contributed by atoms with Gasteiger partial charge in [-0.05, 0) is 33.1 Å². The van der Waals surface area contributed by atoms with E-state index in [0.29, 0.717) is 12.1 Å². The van der Waals surface area contributed by atoms with Crippen molar-refractivity contribution < 1.29 is 9.53 Å². The molecule has 2 fully saturated rings. The molecule has 5 heteroatoms. The Labute approximate surface area is 116 Å². The lowest BCUT2D eigenvalue weighted by molar-refractivity contribution is -0.124. The number of nitrogens with zero attached hydrogens (tertiary/aromatic N) is 1. The van der Waals surface area contributed by atoms with Gasteiger partial charge in [0.05, 0.1) is 12.1 Å². The number of ether oxygens (including phenoxy) is 1. The zero-order valence-electron chi connectivity index (χ0n) is 12.3. The molecule has 0 aromatic heterocycles. The molecule has 0 aromatic rings. The molecular weight excluding hydrogens is 242 g/mol. The second-order valence-corrected chi connectivity index (χ2v) is 5.97. The van der Waals surface area contributed by atoms with Gasteiger partial charge in [0.25, 0.3) is 0 Å². The van der Waals surface area contributed by atoms with E-state index in [1.165, 1.54) is 0 Å². The van der Waals surface area contributed by atoms with Gasteiger partial charge in [0.1, 0.15) is 0 Å². The molecule has 19 heavy (non-hydrogen) atoms. The second-order valence-electron chi connectivity index (χ2n) is 5.97. The summed E-state index contributed by atoms with van der Waals surface area (Å²) >= 11 is 0. The van der Waals surface area contributed by atoms with E-state index in [-0.39, 0.29) is 18.1 Å². The fraction of sp³-hybridized carbons (Fsp3) is 0.929. The molecule has 0 radical (unpaired) electrons. The molecule has 2 unspecified atom stereocenters. The van der Waals surface area contributed by atoms with Crippen LogP contribution in [-0.4, -0.2) is 61.8 Å².